The molecule has 1 aromatic heterocycles. The van der Waals surface area contributed by atoms with Gasteiger partial charge in [0, 0.05) is 35.3 Å². The molecule has 0 radical (unpaired) electrons. The van der Waals surface area contributed by atoms with Crippen molar-refractivity contribution in [1.82, 2.24) is 20.1 Å². The topological polar surface area (TPSA) is 84.6 Å². The molecule has 0 atom stereocenters. The molecule has 234 valence electrons. The first-order valence-electron chi connectivity index (χ1n) is 14.1. The number of aliphatic imine (C=N–C) groups is 1. The summed E-state index contributed by atoms with van der Waals surface area (Å²) in [6.45, 7) is 7.01. The third kappa shape index (κ3) is 8.09. The molecule has 8 nitrogen and oxygen atoms in total. The predicted molar refractivity (Wildman–Crippen MR) is 168 cm³/mol. The average molecular weight is 639 g/mol. The minimum atomic E-state index is -4.78. The maximum atomic E-state index is 15.0. The number of anilines is 1. The van der Waals surface area contributed by atoms with Gasteiger partial charge < -0.3 is 15.0 Å². The Hall–Kier alpha value is -4.65. The van der Waals surface area contributed by atoms with E-state index in [1.807, 2.05) is 6.92 Å². The number of thioether (sulfide) groups is 1. The number of hydrogen-bond acceptors (Lipinski definition) is 5. The van der Waals surface area contributed by atoms with Crippen LogP contribution in [0.2, 0.25) is 0 Å². The van der Waals surface area contributed by atoms with Crippen LogP contribution in [-0.4, -0.2) is 44.6 Å². The van der Waals surface area contributed by atoms with Crippen molar-refractivity contribution in [3.8, 4) is 22.8 Å². The maximum absolute atomic E-state index is 15.0. The number of amides is 2. The van der Waals surface area contributed by atoms with Crippen LogP contribution < -0.4 is 15.0 Å². The second kappa shape index (κ2) is 13.6. The summed E-state index contributed by atoms with van der Waals surface area (Å²) >= 11 is 1.49. The zero-order chi connectivity index (χ0) is 32.1. The van der Waals surface area contributed by atoms with Crippen LogP contribution in [0.4, 0.5) is 28.0 Å². The number of amidine groups is 1. The summed E-state index contributed by atoms with van der Waals surface area (Å²) < 4.78 is 57.5. The lowest BCUT2D eigenvalue weighted by Gasteiger charge is -2.32. The average Bonchev–Trinajstić information content (AvgIpc) is 3.50. The van der Waals surface area contributed by atoms with Crippen LogP contribution in [0, 0.1) is 6.92 Å². The number of ether oxygens (including phenoxy) is 1. The molecule has 0 spiro atoms. The number of nitrogens with zero attached hydrogens (tertiary/aromatic N) is 5. The zero-order valence-corrected chi connectivity index (χ0v) is 25.5. The van der Waals surface area contributed by atoms with Crippen LogP contribution in [0.3, 0.4) is 0 Å². The number of hydrogen-bond donors (Lipinski definition) is 1. The van der Waals surface area contributed by atoms with E-state index in [2.05, 4.69) is 62.1 Å². The highest BCUT2D eigenvalue weighted by Crippen LogP contribution is 2.33. The summed E-state index contributed by atoms with van der Waals surface area (Å²) in [5.74, 6) is 0.439. The van der Waals surface area contributed by atoms with Gasteiger partial charge in [-0.2, -0.15) is 4.99 Å². The molecule has 1 aliphatic rings. The van der Waals surface area contributed by atoms with Gasteiger partial charge in [-0.25, -0.2) is 18.9 Å². The summed E-state index contributed by atoms with van der Waals surface area (Å²) in [7, 11) is 0. The van der Waals surface area contributed by atoms with Crippen LogP contribution in [0.5, 0.6) is 5.75 Å². The third-order valence-corrected chi connectivity index (χ3v) is 7.91. The number of aromatic nitrogens is 3. The Morgan fingerprint density at radius 3 is 2.51 bits per heavy atom. The Labute approximate surface area is 261 Å². The summed E-state index contributed by atoms with van der Waals surface area (Å²) in [5.41, 5.74) is 4.59. The van der Waals surface area contributed by atoms with E-state index in [0.29, 0.717) is 28.2 Å². The van der Waals surface area contributed by atoms with Crippen molar-refractivity contribution < 1.29 is 27.1 Å². The highest BCUT2D eigenvalue weighted by molar-refractivity contribution is 8.14. The van der Waals surface area contributed by atoms with E-state index < -0.39 is 18.2 Å². The van der Waals surface area contributed by atoms with Gasteiger partial charge in [0.2, 0.25) is 0 Å². The largest absolute Gasteiger partial charge is 0.573 e. The Bertz CT molecular complexity index is 1720. The van der Waals surface area contributed by atoms with Crippen LogP contribution in [0.1, 0.15) is 42.9 Å². The molecule has 0 saturated carbocycles. The predicted octanol–water partition coefficient (Wildman–Crippen LogP) is 8.24. The van der Waals surface area contributed by atoms with Crippen molar-refractivity contribution in [2.75, 3.05) is 17.2 Å². The molecule has 0 unspecified atom stereocenters. The van der Waals surface area contributed by atoms with E-state index in [0.717, 1.165) is 36.2 Å². The van der Waals surface area contributed by atoms with Gasteiger partial charge in [-0.15, -0.1) is 18.3 Å². The lowest BCUT2D eigenvalue weighted by Crippen LogP contribution is -2.36. The minimum Gasteiger partial charge on any atom is -0.406 e. The van der Waals surface area contributed by atoms with Gasteiger partial charge >= 0.3 is 12.4 Å². The molecule has 5 rings (SSSR count). The number of carbonyl (C=O) groups is 1. The molecule has 0 aliphatic carbocycles. The number of carbonyl (C=O) groups excluding carboxylic acids is 1. The third-order valence-electron chi connectivity index (χ3n) is 6.85. The van der Waals surface area contributed by atoms with E-state index in [4.69, 9.17) is 0 Å². The lowest BCUT2D eigenvalue weighted by molar-refractivity contribution is -0.274. The fourth-order valence-corrected chi connectivity index (χ4v) is 5.63. The molecule has 2 amide bonds. The molecule has 3 aromatic carbocycles. The molecule has 13 heteroatoms. The van der Waals surface area contributed by atoms with E-state index in [1.165, 1.54) is 64.7 Å². The monoisotopic (exact) mass is 638 g/mol. The summed E-state index contributed by atoms with van der Waals surface area (Å²) in [6.07, 6.45) is -1.44. The van der Waals surface area contributed by atoms with Crippen LogP contribution in [0.15, 0.2) is 84.2 Å². The summed E-state index contributed by atoms with van der Waals surface area (Å²) in [5, 5.41) is 7.35. The van der Waals surface area contributed by atoms with E-state index in [9.17, 15) is 22.4 Å². The first kappa shape index (κ1) is 31.8. The number of rotatable bonds is 7. The van der Waals surface area contributed by atoms with Crippen molar-refractivity contribution in [3.05, 3.63) is 95.9 Å². The van der Waals surface area contributed by atoms with Crippen molar-refractivity contribution in [1.29, 1.82) is 0 Å². The van der Waals surface area contributed by atoms with Crippen molar-refractivity contribution in [2.24, 2.45) is 4.99 Å². The first-order chi connectivity index (χ1) is 21.5. The van der Waals surface area contributed by atoms with Crippen LogP contribution >= 0.6 is 11.8 Å². The van der Waals surface area contributed by atoms with Crippen molar-refractivity contribution in [3.63, 3.8) is 0 Å². The number of urea groups is 1. The fourth-order valence-electron chi connectivity index (χ4n) is 4.68. The lowest BCUT2D eigenvalue weighted by atomic mass is 9.98. The number of aryl methyl sites for hydroxylation is 1. The Balaban J connectivity index is 1.24. The zero-order valence-electron chi connectivity index (χ0n) is 24.7. The molecule has 0 bridgehead atoms. The Morgan fingerprint density at radius 1 is 1.09 bits per heavy atom. The standard InChI is InChI=1S/C32H30F4N6O2S/c1-20(2)26-14-5-21(3)17-28(26)41-15-4-16-45-31(41)39-30(43)37-18-27(33)22-6-8-23(9-7-22)29-38-19-42(40-29)24-10-12-25(13-11-24)44-32(34,35)36/h5-14,17-20H,4,15-16H2,1-3H3,(H,37,43)/b27-18-,39-31-. The second-order valence-corrected chi connectivity index (χ2v) is 11.6. The highest BCUT2D eigenvalue weighted by atomic mass is 32.2. The highest BCUT2D eigenvalue weighted by Gasteiger charge is 2.31. The van der Waals surface area contributed by atoms with Gasteiger partial charge in [-0.3, -0.25) is 0 Å². The number of halogens is 4. The molecule has 2 heterocycles. The van der Waals surface area contributed by atoms with Gasteiger partial charge in [0.05, 0.1) is 5.69 Å². The molecule has 1 aliphatic heterocycles. The number of nitrogens with one attached hydrogen (secondary N) is 1. The molecule has 1 fully saturated rings. The van der Waals surface area contributed by atoms with Gasteiger partial charge in [0.15, 0.2) is 11.0 Å². The number of benzene rings is 3. The fraction of sp³-hybridized carbons (Fsp3) is 0.250. The SMILES string of the molecule is Cc1ccc(C(C)C)c(N2CCCS/C2=N\C(=O)N/C=C(\F)c2ccc(-c3ncn(-c4ccc(OC(F)(F)F)cc4)n3)cc2)c1. The molecular formula is C32H30F4N6O2S. The Kier molecular flexibility index (Phi) is 9.57. The van der Waals surface area contributed by atoms with Crippen molar-refractivity contribution >= 4 is 34.5 Å². The molecular weight excluding hydrogens is 608 g/mol. The van der Waals surface area contributed by atoms with Crippen LogP contribution in [-0.2, 0) is 0 Å². The van der Waals surface area contributed by atoms with E-state index in [1.54, 1.807) is 12.1 Å². The quantitative estimate of drug-likeness (QED) is 0.205. The summed E-state index contributed by atoms with van der Waals surface area (Å²) in [4.78, 5) is 23.3. The maximum Gasteiger partial charge on any atom is 0.573 e. The van der Waals surface area contributed by atoms with Crippen LogP contribution in [0.25, 0.3) is 22.9 Å². The normalized spacial score (nSPS) is 15.1. The molecule has 1 N–H and O–H groups in total. The second-order valence-electron chi connectivity index (χ2n) is 10.5. The minimum absolute atomic E-state index is 0.224. The smallest absolute Gasteiger partial charge is 0.406 e. The van der Waals surface area contributed by atoms with Gasteiger partial charge in [0.25, 0.3) is 0 Å². The molecule has 45 heavy (non-hydrogen) atoms. The van der Waals surface area contributed by atoms with E-state index in [-0.39, 0.29) is 11.3 Å². The molecule has 4 aromatic rings. The molecule has 1 saturated heterocycles. The summed E-state index contributed by atoms with van der Waals surface area (Å²) in [6, 6.07) is 17.1. The van der Waals surface area contributed by atoms with Gasteiger partial charge in [-0.1, -0.05) is 62.0 Å². The first-order valence-corrected chi connectivity index (χ1v) is 15.1. The van der Waals surface area contributed by atoms with Crippen molar-refractivity contribution in [2.45, 2.75) is 39.5 Å². The Morgan fingerprint density at radius 2 is 1.82 bits per heavy atom. The van der Waals surface area contributed by atoms with E-state index >= 15 is 0 Å². The number of alkyl halides is 3. The van der Waals surface area contributed by atoms with Gasteiger partial charge in [-0.05, 0) is 60.7 Å². The van der Waals surface area contributed by atoms with Gasteiger partial charge in [0.1, 0.15) is 17.9 Å².